The Morgan fingerprint density at radius 3 is 2.53 bits per heavy atom. The SMILES string of the molecule is Cc1cc(Cl)c(C[C@H](N)C(=O)N[C@@H]2CCCc3ccc(Oc4ccccc4)cc32)c(Cl)c1. The number of nitrogens with one attached hydrogen (secondary N) is 1. The lowest BCUT2D eigenvalue weighted by molar-refractivity contribution is -0.123. The summed E-state index contributed by atoms with van der Waals surface area (Å²) in [6.07, 6.45) is 3.11. The molecule has 3 aromatic rings. The molecule has 3 N–H and O–H groups in total. The maximum atomic E-state index is 12.9. The molecular formula is C26H26Cl2N2O2. The molecule has 0 bridgehead atoms. The number of rotatable bonds is 6. The lowest BCUT2D eigenvalue weighted by Crippen LogP contribution is -2.44. The van der Waals surface area contributed by atoms with Gasteiger partial charge in [0.25, 0.3) is 0 Å². The van der Waals surface area contributed by atoms with E-state index in [9.17, 15) is 4.79 Å². The van der Waals surface area contributed by atoms with Crippen LogP contribution in [-0.2, 0) is 17.6 Å². The number of ether oxygens (including phenoxy) is 1. The van der Waals surface area contributed by atoms with Gasteiger partial charge in [-0.1, -0.05) is 47.5 Å². The molecule has 4 rings (SSSR count). The van der Waals surface area contributed by atoms with Crippen LogP contribution in [0.25, 0.3) is 0 Å². The predicted molar refractivity (Wildman–Crippen MR) is 130 cm³/mol. The van der Waals surface area contributed by atoms with Gasteiger partial charge < -0.3 is 15.8 Å². The Morgan fingerprint density at radius 2 is 1.81 bits per heavy atom. The normalized spacial score (nSPS) is 16.2. The second-order valence-corrected chi connectivity index (χ2v) is 9.06. The molecule has 3 aromatic carbocycles. The number of hydrogen-bond donors (Lipinski definition) is 2. The van der Waals surface area contributed by atoms with Crippen molar-refractivity contribution >= 4 is 29.1 Å². The van der Waals surface area contributed by atoms with Crippen LogP contribution in [0.5, 0.6) is 11.5 Å². The van der Waals surface area contributed by atoms with Gasteiger partial charge in [-0.25, -0.2) is 0 Å². The van der Waals surface area contributed by atoms with Crippen molar-refractivity contribution in [2.45, 2.75) is 44.7 Å². The van der Waals surface area contributed by atoms with Crippen LogP contribution in [0.3, 0.4) is 0 Å². The fourth-order valence-corrected chi connectivity index (χ4v) is 4.88. The number of carbonyl (C=O) groups is 1. The molecule has 0 fully saturated rings. The van der Waals surface area contributed by atoms with Crippen LogP contribution >= 0.6 is 23.2 Å². The Kier molecular flexibility index (Phi) is 7.04. The third-order valence-corrected chi connectivity index (χ3v) is 6.45. The number of fused-ring (bicyclic) bond motifs is 1. The van der Waals surface area contributed by atoms with Crippen molar-refractivity contribution in [3.8, 4) is 11.5 Å². The van der Waals surface area contributed by atoms with E-state index in [1.807, 2.05) is 61.5 Å². The Labute approximate surface area is 198 Å². The van der Waals surface area contributed by atoms with Crippen molar-refractivity contribution in [1.29, 1.82) is 0 Å². The van der Waals surface area contributed by atoms with Crippen LogP contribution in [0, 0.1) is 6.92 Å². The van der Waals surface area contributed by atoms with E-state index in [-0.39, 0.29) is 18.4 Å². The van der Waals surface area contributed by atoms with Gasteiger partial charge in [0, 0.05) is 10.0 Å². The number of carbonyl (C=O) groups excluding carboxylic acids is 1. The van der Waals surface area contributed by atoms with Gasteiger partial charge in [0.2, 0.25) is 5.91 Å². The third kappa shape index (κ3) is 5.26. The minimum absolute atomic E-state index is 0.111. The minimum atomic E-state index is -0.748. The second-order valence-electron chi connectivity index (χ2n) is 8.25. The fourth-order valence-electron chi connectivity index (χ4n) is 4.13. The van der Waals surface area contributed by atoms with Gasteiger partial charge in [0.05, 0.1) is 12.1 Å². The number of para-hydroxylation sites is 1. The van der Waals surface area contributed by atoms with Gasteiger partial charge in [0.1, 0.15) is 11.5 Å². The van der Waals surface area contributed by atoms with Crippen LogP contribution < -0.4 is 15.8 Å². The largest absolute Gasteiger partial charge is 0.457 e. The first-order chi connectivity index (χ1) is 15.4. The van der Waals surface area contributed by atoms with Gasteiger partial charge in [0.15, 0.2) is 0 Å². The average molecular weight is 469 g/mol. The summed E-state index contributed by atoms with van der Waals surface area (Å²) < 4.78 is 5.99. The molecule has 0 heterocycles. The number of nitrogens with two attached hydrogens (primary N) is 1. The zero-order valence-electron chi connectivity index (χ0n) is 17.9. The zero-order chi connectivity index (χ0) is 22.7. The number of hydrogen-bond acceptors (Lipinski definition) is 3. The first-order valence-electron chi connectivity index (χ1n) is 10.8. The standard InChI is InChI=1S/C26H26Cl2N2O2/c1-16-12-22(27)21(23(28)13-16)15-24(29)26(31)30-25-9-5-6-17-10-11-19(14-20(17)25)32-18-7-3-2-4-8-18/h2-4,7-8,10-14,24-25H,5-6,9,15,29H2,1H3,(H,30,31)/t24-,25+/m0/s1. The van der Waals surface area contributed by atoms with Crippen LogP contribution in [-0.4, -0.2) is 11.9 Å². The van der Waals surface area contributed by atoms with E-state index in [0.717, 1.165) is 41.9 Å². The summed E-state index contributed by atoms with van der Waals surface area (Å²) in [5.41, 5.74) is 10.2. The molecule has 6 heteroatoms. The summed E-state index contributed by atoms with van der Waals surface area (Å²) in [6, 6.07) is 18.5. The summed E-state index contributed by atoms with van der Waals surface area (Å²) in [5, 5.41) is 4.19. The number of amides is 1. The number of halogens is 2. The van der Waals surface area contributed by atoms with Gasteiger partial charge in [-0.05, 0) is 91.3 Å². The maximum Gasteiger partial charge on any atom is 0.237 e. The Morgan fingerprint density at radius 1 is 1.09 bits per heavy atom. The lowest BCUT2D eigenvalue weighted by atomic mass is 9.87. The van der Waals surface area contributed by atoms with Gasteiger partial charge in [-0.3, -0.25) is 4.79 Å². The van der Waals surface area contributed by atoms with E-state index in [2.05, 4.69) is 11.4 Å². The molecule has 166 valence electrons. The molecule has 0 spiro atoms. The van der Waals surface area contributed by atoms with Crippen molar-refractivity contribution < 1.29 is 9.53 Å². The van der Waals surface area contributed by atoms with Crippen molar-refractivity contribution in [1.82, 2.24) is 5.32 Å². The summed E-state index contributed by atoms with van der Waals surface area (Å²) in [6.45, 7) is 1.92. The molecule has 1 amide bonds. The monoisotopic (exact) mass is 468 g/mol. The summed E-state index contributed by atoms with van der Waals surface area (Å²) in [5.74, 6) is 1.31. The molecule has 0 aliphatic heterocycles. The van der Waals surface area contributed by atoms with Gasteiger partial charge in [-0.2, -0.15) is 0 Å². The van der Waals surface area contributed by atoms with Crippen molar-refractivity contribution in [3.63, 3.8) is 0 Å². The first-order valence-corrected chi connectivity index (χ1v) is 11.5. The summed E-state index contributed by atoms with van der Waals surface area (Å²) >= 11 is 12.7. The van der Waals surface area contributed by atoms with Crippen LogP contribution in [0.4, 0.5) is 0 Å². The van der Waals surface area contributed by atoms with Crippen LogP contribution in [0.1, 0.15) is 41.1 Å². The maximum absolute atomic E-state index is 12.9. The minimum Gasteiger partial charge on any atom is -0.457 e. The molecule has 0 saturated heterocycles. The van der Waals surface area contributed by atoms with Gasteiger partial charge in [-0.15, -0.1) is 0 Å². The molecular weight excluding hydrogens is 443 g/mol. The highest BCUT2D eigenvalue weighted by atomic mass is 35.5. The molecule has 1 aliphatic rings. The zero-order valence-corrected chi connectivity index (χ0v) is 19.4. The lowest BCUT2D eigenvalue weighted by Gasteiger charge is -2.28. The van der Waals surface area contributed by atoms with Crippen molar-refractivity contribution in [2.75, 3.05) is 0 Å². The van der Waals surface area contributed by atoms with Crippen molar-refractivity contribution in [3.05, 3.63) is 93.0 Å². The highest BCUT2D eigenvalue weighted by Crippen LogP contribution is 2.34. The number of aryl methyl sites for hydroxylation is 2. The highest BCUT2D eigenvalue weighted by Gasteiger charge is 2.25. The second kappa shape index (κ2) is 9.95. The van der Waals surface area contributed by atoms with E-state index < -0.39 is 6.04 Å². The molecule has 0 unspecified atom stereocenters. The molecule has 2 atom stereocenters. The Bertz CT molecular complexity index is 1100. The smallest absolute Gasteiger partial charge is 0.237 e. The van der Waals surface area contributed by atoms with Crippen LogP contribution in [0.2, 0.25) is 10.0 Å². The van der Waals surface area contributed by atoms with E-state index >= 15 is 0 Å². The molecule has 0 radical (unpaired) electrons. The van der Waals surface area contributed by atoms with E-state index in [0.29, 0.717) is 15.6 Å². The Balaban J connectivity index is 1.48. The highest BCUT2D eigenvalue weighted by molar-refractivity contribution is 6.36. The molecule has 32 heavy (non-hydrogen) atoms. The Hall–Kier alpha value is -2.53. The van der Waals surface area contributed by atoms with E-state index in [4.69, 9.17) is 33.7 Å². The van der Waals surface area contributed by atoms with Crippen molar-refractivity contribution in [2.24, 2.45) is 5.73 Å². The third-order valence-electron chi connectivity index (χ3n) is 5.77. The molecule has 0 aromatic heterocycles. The molecule has 4 nitrogen and oxygen atoms in total. The van der Waals surface area contributed by atoms with E-state index in [1.54, 1.807) is 0 Å². The predicted octanol–water partition coefficient (Wildman–Crippen LogP) is 6.16. The summed E-state index contributed by atoms with van der Waals surface area (Å²) in [4.78, 5) is 12.9. The van der Waals surface area contributed by atoms with Crippen LogP contribution in [0.15, 0.2) is 60.7 Å². The molecule has 1 aliphatic carbocycles. The molecule has 0 saturated carbocycles. The number of benzene rings is 3. The average Bonchev–Trinajstić information content (AvgIpc) is 2.77. The quantitative estimate of drug-likeness (QED) is 0.455. The van der Waals surface area contributed by atoms with Gasteiger partial charge >= 0.3 is 0 Å². The first kappa shape index (κ1) is 22.7. The topological polar surface area (TPSA) is 64.4 Å². The fraction of sp³-hybridized carbons (Fsp3) is 0.269. The van der Waals surface area contributed by atoms with E-state index in [1.165, 1.54) is 5.56 Å². The summed E-state index contributed by atoms with van der Waals surface area (Å²) in [7, 11) is 0.